The fourth-order valence-electron chi connectivity index (χ4n) is 4.83. The van der Waals surface area contributed by atoms with Gasteiger partial charge in [0.1, 0.15) is 6.61 Å². The van der Waals surface area contributed by atoms with E-state index in [0.29, 0.717) is 32.3 Å². The first-order valence-corrected chi connectivity index (χ1v) is 11.2. The quantitative estimate of drug-likeness (QED) is 0.685. The number of hydrogen-bond donors (Lipinski definition) is 0. The van der Waals surface area contributed by atoms with E-state index >= 15 is 0 Å². The van der Waals surface area contributed by atoms with E-state index < -0.39 is 5.92 Å². The third kappa shape index (κ3) is 5.70. The second-order valence-corrected chi connectivity index (χ2v) is 8.98. The number of piperidine rings is 2. The molecule has 0 N–H and O–H groups in total. The summed E-state index contributed by atoms with van der Waals surface area (Å²) in [6.07, 6.45) is 3.79. The average molecular weight is 423 g/mol. The molecule has 0 aromatic heterocycles. The molecule has 1 aromatic rings. The molecule has 1 amide bonds. The van der Waals surface area contributed by atoms with Crippen LogP contribution in [0.2, 0.25) is 0 Å². The molecule has 7 heteroatoms. The zero-order valence-corrected chi connectivity index (χ0v) is 17.5. The van der Waals surface area contributed by atoms with Crippen molar-refractivity contribution in [1.29, 1.82) is 0 Å². The molecule has 0 spiro atoms. The van der Waals surface area contributed by atoms with Gasteiger partial charge in [0.15, 0.2) is 0 Å². The second-order valence-electron chi connectivity index (χ2n) is 8.98. The maximum absolute atomic E-state index is 13.0. The molecule has 2 aliphatic heterocycles. The molecule has 2 heterocycles. The molecule has 1 unspecified atom stereocenters. The predicted molar refractivity (Wildman–Crippen MR) is 109 cm³/mol. The van der Waals surface area contributed by atoms with Crippen LogP contribution < -0.4 is 0 Å². The van der Waals surface area contributed by atoms with Crippen LogP contribution in [0.25, 0.3) is 0 Å². The number of halogens is 2. The predicted octanol–water partition coefficient (Wildman–Crippen LogP) is 4.31. The van der Waals surface area contributed by atoms with Crippen LogP contribution in [-0.2, 0) is 16.1 Å². The smallest absolute Gasteiger partial charge is 0.410 e. The van der Waals surface area contributed by atoms with Crippen molar-refractivity contribution in [2.24, 2.45) is 5.92 Å². The Labute approximate surface area is 177 Å². The zero-order valence-electron chi connectivity index (χ0n) is 17.5. The standard InChI is InChI=1S/C23H32F2N2O3/c24-23(25)13-19(14-23)17-29-21-7-4-10-27(15-21)20-8-11-26(12-9-20)22(28)30-16-18-5-2-1-3-6-18/h1-3,5-6,19-21H,4,7-17H2. The van der Waals surface area contributed by atoms with Gasteiger partial charge in [-0.05, 0) is 43.7 Å². The zero-order chi connectivity index (χ0) is 21.0. The summed E-state index contributed by atoms with van der Waals surface area (Å²) in [5, 5.41) is 0. The number of ether oxygens (including phenoxy) is 2. The number of nitrogens with zero attached hydrogens (tertiary/aromatic N) is 2. The van der Waals surface area contributed by atoms with Crippen LogP contribution in [0.4, 0.5) is 13.6 Å². The van der Waals surface area contributed by atoms with E-state index in [1.165, 1.54) is 0 Å². The Balaban J connectivity index is 1.16. The Morgan fingerprint density at radius 2 is 1.80 bits per heavy atom. The van der Waals surface area contributed by atoms with Crippen LogP contribution in [-0.4, -0.2) is 66.7 Å². The van der Waals surface area contributed by atoms with E-state index in [4.69, 9.17) is 9.47 Å². The van der Waals surface area contributed by atoms with E-state index in [2.05, 4.69) is 4.90 Å². The van der Waals surface area contributed by atoms with Crippen molar-refractivity contribution in [2.45, 2.75) is 63.2 Å². The van der Waals surface area contributed by atoms with Crippen LogP contribution >= 0.6 is 0 Å². The topological polar surface area (TPSA) is 42.0 Å². The fourth-order valence-corrected chi connectivity index (χ4v) is 4.83. The van der Waals surface area contributed by atoms with Crippen LogP contribution in [0.1, 0.15) is 44.1 Å². The first-order chi connectivity index (χ1) is 14.5. The van der Waals surface area contributed by atoms with E-state index in [-0.39, 0.29) is 31.0 Å². The molecule has 3 fully saturated rings. The summed E-state index contributed by atoms with van der Waals surface area (Å²) in [4.78, 5) is 16.6. The summed E-state index contributed by atoms with van der Waals surface area (Å²) >= 11 is 0. The first kappa shape index (κ1) is 21.5. The van der Waals surface area contributed by atoms with Crippen LogP contribution in [0.15, 0.2) is 30.3 Å². The van der Waals surface area contributed by atoms with Crippen molar-refractivity contribution in [3.05, 3.63) is 35.9 Å². The summed E-state index contributed by atoms with van der Waals surface area (Å²) in [7, 11) is 0. The Morgan fingerprint density at radius 3 is 2.50 bits per heavy atom. The molecule has 4 rings (SSSR count). The molecule has 1 aromatic carbocycles. The maximum Gasteiger partial charge on any atom is 0.410 e. The molecular weight excluding hydrogens is 390 g/mol. The van der Waals surface area contributed by atoms with Crippen molar-refractivity contribution < 1.29 is 23.0 Å². The lowest BCUT2D eigenvalue weighted by molar-refractivity contribution is -0.139. The highest BCUT2D eigenvalue weighted by Gasteiger charge is 2.45. The van der Waals surface area contributed by atoms with E-state index in [1.54, 1.807) is 4.90 Å². The number of carbonyl (C=O) groups is 1. The Bertz CT molecular complexity index is 687. The fraction of sp³-hybridized carbons (Fsp3) is 0.696. The van der Waals surface area contributed by atoms with Gasteiger partial charge in [0.25, 0.3) is 0 Å². The minimum absolute atomic E-state index is 0.0144. The Kier molecular flexibility index (Phi) is 6.88. The normalized spacial score (nSPS) is 25.7. The second kappa shape index (κ2) is 9.60. The first-order valence-electron chi connectivity index (χ1n) is 11.2. The van der Waals surface area contributed by atoms with Crippen molar-refractivity contribution in [1.82, 2.24) is 9.80 Å². The molecule has 0 radical (unpaired) electrons. The van der Waals surface area contributed by atoms with Gasteiger partial charge in [-0.25, -0.2) is 13.6 Å². The highest BCUT2D eigenvalue weighted by molar-refractivity contribution is 5.67. The Hall–Kier alpha value is -1.73. The van der Waals surface area contributed by atoms with Gasteiger partial charge in [-0.2, -0.15) is 0 Å². The van der Waals surface area contributed by atoms with Crippen molar-refractivity contribution >= 4 is 6.09 Å². The van der Waals surface area contributed by atoms with Gasteiger partial charge in [-0.1, -0.05) is 30.3 Å². The maximum atomic E-state index is 13.0. The van der Waals surface area contributed by atoms with Crippen molar-refractivity contribution in [2.75, 3.05) is 32.8 Å². The molecular formula is C23H32F2N2O3. The van der Waals surface area contributed by atoms with Crippen LogP contribution in [0.5, 0.6) is 0 Å². The highest BCUT2D eigenvalue weighted by atomic mass is 19.3. The lowest BCUT2D eigenvalue weighted by atomic mass is 9.82. The summed E-state index contributed by atoms with van der Waals surface area (Å²) < 4.78 is 37.4. The third-order valence-electron chi connectivity index (χ3n) is 6.60. The number of amides is 1. The summed E-state index contributed by atoms with van der Waals surface area (Å²) in [5.74, 6) is -2.46. The molecule has 0 bridgehead atoms. The van der Waals surface area contributed by atoms with E-state index in [9.17, 15) is 13.6 Å². The van der Waals surface area contributed by atoms with Gasteiger partial charge in [-0.3, -0.25) is 4.90 Å². The number of likely N-dealkylation sites (tertiary alicyclic amines) is 2. The molecule has 166 valence electrons. The Morgan fingerprint density at radius 1 is 1.07 bits per heavy atom. The van der Waals surface area contributed by atoms with Gasteiger partial charge in [0.05, 0.1) is 12.7 Å². The van der Waals surface area contributed by atoms with Crippen LogP contribution in [0.3, 0.4) is 0 Å². The van der Waals surface area contributed by atoms with Crippen LogP contribution in [0, 0.1) is 5.92 Å². The summed E-state index contributed by atoms with van der Waals surface area (Å²) in [6.45, 7) is 4.09. The van der Waals surface area contributed by atoms with Gasteiger partial charge in [0, 0.05) is 38.5 Å². The summed E-state index contributed by atoms with van der Waals surface area (Å²) in [5.41, 5.74) is 0.991. The summed E-state index contributed by atoms with van der Waals surface area (Å²) in [6, 6.07) is 10.2. The lowest BCUT2D eigenvalue weighted by Gasteiger charge is -2.42. The van der Waals surface area contributed by atoms with Gasteiger partial charge in [-0.15, -0.1) is 0 Å². The number of rotatable bonds is 6. The van der Waals surface area contributed by atoms with E-state index in [1.807, 2.05) is 30.3 Å². The van der Waals surface area contributed by atoms with Gasteiger partial charge in [0.2, 0.25) is 5.92 Å². The molecule has 5 nitrogen and oxygen atoms in total. The average Bonchev–Trinajstić information content (AvgIpc) is 2.75. The molecule has 2 saturated heterocycles. The highest BCUT2D eigenvalue weighted by Crippen LogP contribution is 2.42. The minimum atomic E-state index is -2.47. The van der Waals surface area contributed by atoms with Gasteiger partial charge >= 0.3 is 6.09 Å². The van der Waals surface area contributed by atoms with Crippen molar-refractivity contribution in [3.8, 4) is 0 Å². The monoisotopic (exact) mass is 422 g/mol. The molecule has 1 aliphatic carbocycles. The molecule has 3 aliphatic rings. The van der Waals surface area contributed by atoms with Gasteiger partial charge < -0.3 is 14.4 Å². The lowest BCUT2D eigenvalue weighted by Crippen LogP contribution is -2.51. The minimum Gasteiger partial charge on any atom is -0.445 e. The number of hydrogen-bond acceptors (Lipinski definition) is 4. The van der Waals surface area contributed by atoms with E-state index in [0.717, 1.165) is 44.3 Å². The molecule has 1 saturated carbocycles. The number of carbonyl (C=O) groups excluding carboxylic acids is 1. The third-order valence-corrected chi connectivity index (χ3v) is 6.60. The number of alkyl halides is 2. The molecule has 30 heavy (non-hydrogen) atoms. The molecule has 1 atom stereocenters. The SMILES string of the molecule is O=C(OCc1ccccc1)N1CCC(N2CCCC(OCC3CC(F)(F)C3)C2)CC1. The number of benzene rings is 1. The van der Waals surface area contributed by atoms with Crippen molar-refractivity contribution in [3.63, 3.8) is 0 Å². The largest absolute Gasteiger partial charge is 0.445 e.